The number of hydrogen-bond acceptors (Lipinski definition) is 4. The lowest BCUT2D eigenvalue weighted by Crippen LogP contribution is -2.33. The molecule has 0 spiro atoms. The summed E-state index contributed by atoms with van der Waals surface area (Å²) >= 11 is 0. The van der Waals surface area contributed by atoms with E-state index in [1.807, 2.05) is 32.0 Å². The molecule has 2 amide bonds. The van der Waals surface area contributed by atoms with E-state index in [-0.39, 0.29) is 30.6 Å². The Hall–Kier alpha value is -3.15. The van der Waals surface area contributed by atoms with Gasteiger partial charge in [0.2, 0.25) is 11.8 Å². The lowest BCUT2D eigenvalue weighted by atomic mass is 10.1. The number of amides is 2. The maximum atomic E-state index is 12.0. The Morgan fingerprint density at radius 1 is 0.929 bits per heavy atom. The molecule has 0 aromatic heterocycles. The Morgan fingerprint density at radius 2 is 1.57 bits per heavy atom. The number of para-hydroxylation sites is 1. The maximum Gasteiger partial charge on any atom is 0.243 e. The molecule has 0 aliphatic carbocycles. The SMILES string of the molecule is CC(=O)c1ccc(OCCCC(=O)NCC(=O)Nc2c(C)cccc2C)cc1. The third-order valence-corrected chi connectivity index (χ3v) is 4.27. The highest BCUT2D eigenvalue weighted by molar-refractivity contribution is 5.95. The van der Waals surface area contributed by atoms with Crippen LogP contribution in [0.5, 0.6) is 5.75 Å². The monoisotopic (exact) mass is 382 g/mol. The van der Waals surface area contributed by atoms with Crippen molar-refractivity contribution in [1.82, 2.24) is 5.32 Å². The van der Waals surface area contributed by atoms with Crippen LogP contribution in [-0.4, -0.2) is 30.7 Å². The van der Waals surface area contributed by atoms with Crippen molar-refractivity contribution in [2.45, 2.75) is 33.6 Å². The van der Waals surface area contributed by atoms with Crippen molar-refractivity contribution >= 4 is 23.3 Å². The average Bonchev–Trinajstić information content (AvgIpc) is 2.67. The van der Waals surface area contributed by atoms with Gasteiger partial charge >= 0.3 is 0 Å². The van der Waals surface area contributed by atoms with Gasteiger partial charge in [0.15, 0.2) is 5.78 Å². The quantitative estimate of drug-likeness (QED) is 0.514. The molecule has 0 radical (unpaired) electrons. The Kier molecular flexibility index (Phi) is 7.75. The van der Waals surface area contributed by atoms with Crippen LogP contribution in [0.4, 0.5) is 5.69 Å². The Morgan fingerprint density at radius 3 is 2.18 bits per heavy atom. The number of nitrogens with one attached hydrogen (secondary N) is 2. The first kappa shape index (κ1) is 21.2. The lowest BCUT2D eigenvalue weighted by Gasteiger charge is -2.12. The molecule has 0 saturated carbocycles. The highest BCUT2D eigenvalue weighted by atomic mass is 16.5. The molecule has 2 aromatic rings. The molecule has 0 bridgehead atoms. The molecule has 2 aromatic carbocycles. The van der Waals surface area contributed by atoms with Crippen LogP contribution >= 0.6 is 0 Å². The van der Waals surface area contributed by atoms with E-state index in [2.05, 4.69) is 10.6 Å². The fourth-order valence-corrected chi connectivity index (χ4v) is 2.67. The van der Waals surface area contributed by atoms with Gasteiger partial charge in [-0.1, -0.05) is 18.2 Å². The first-order chi connectivity index (χ1) is 13.4. The van der Waals surface area contributed by atoms with E-state index in [0.29, 0.717) is 24.3 Å². The van der Waals surface area contributed by atoms with Crippen molar-refractivity contribution in [1.29, 1.82) is 0 Å². The highest BCUT2D eigenvalue weighted by Gasteiger charge is 2.09. The molecule has 6 heteroatoms. The van der Waals surface area contributed by atoms with Crippen molar-refractivity contribution in [3.63, 3.8) is 0 Å². The molecule has 2 rings (SSSR count). The molecule has 0 heterocycles. The average molecular weight is 382 g/mol. The highest BCUT2D eigenvalue weighted by Crippen LogP contribution is 2.19. The van der Waals surface area contributed by atoms with Crippen LogP contribution in [0.3, 0.4) is 0 Å². The molecule has 0 aliphatic heterocycles. The molecule has 0 atom stereocenters. The van der Waals surface area contributed by atoms with Gasteiger partial charge in [-0.15, -0.1) is 0 Å². The summed E-state index contributed by atoms with van der Waals surface area (Å²) in [6, 6.07) is 12.7. The normalized spacial score (nSPS) is 10.2. The number of ketones is 1. The van der Waals surface area contributed by atoms with Crippen LogP contribution in [-0.2, 0) is 9.59 Å². The van der Waals surface area contributed by atoms with Crippen molar-refractivity contribution in [3.05, 3.63) is 59.2 Å². The van der Waals surface area contributed by atoms with E-state index in [1.54, 1.807) is 24.3 Å². The van der Waals surface area contributed by atoms with Gasteiger partial charge < -0.3 is 15.4 Å². The summed E-state index contributed by atoms with van der Waals surface area (Å²) in [5, 5.41) is 5.45. The Balaban J connectivity index is 1.65. The summed E-state index contributed by atoms with van der Waals surface area (Å²) in [5.74, 6) is 0.197. The number of Topliss-reactive ketones (excluding diaryl/α,β-unsaturated/α-hetero) is 1. The van der Waals surface area contributed by atoms with E-state index in [1.165, 1.54) is 6.92 Å². The first-order valence-electron chi connectivity index (χ1n) is 9.23. The second-order valence-electron chi connectivity index (χ2n) is 6.62. The van der Waals surface area contributed by atoms with Gasteiger partial charge in [-0.3, -0.25) is 14.4 Å². The number of benzene rings is 2. The van der Waals surface area contributed by atoms with Gasteiger partial charge in [-0.2, -0.15) is 0 Å². The summed E-state index contributed by atoms with van der Waals surface area (Å²) in [6.45, 7) is 5.67. The molecule has 0 fully saturated rings. The number of aryl methyl sites for hydroxylation is 2. The van der Waals surface area contributed by atoms with Crippen LogP contribution in [0.15, 0.2) is 42.5 Å². The summed E-state index contributed by atoms with van der Waals surface area (Å²) in [4.78, 5) is 35.1. The number of carbonyl (C=O) groups excluding carboxylic acids is 3. The Bertz CT molecular complexity index is 824. The van der Waals surface area contributed by atoms with Gasteiger partial charge in [0.25, 0.3) is 0 Å². The maximum absolute atomic E-state index is 12.0. The smallest absolute Gasteiger partial charge is 0.243 e. The van der Waals surface area contributed by atoms with Crippen molar-refractivity contribution in [2.24, 2.45) is 0 Å². The minimum atomic E-state index is -0.257. The first-order valence-corrected chi connectivity index (χ1v) is 9.23. The molecule has 6 nitrogen and oxygen atoms in total. The predicted molar refractivity (Wildman–Crippen MR) is 109 cm³/mol. The summed E-state index contributed by atoms with van der Waals surface area (Å²) in [7, 11) is 0. The van der Waals surface area contributed by atoms with Gasteiger partial charge in [0, 0.05) is 17.7 Å². The minimum Gasteiger partial charge on any atom is -0.494 e. The summed E-state index contributed by atoms with van der Waals surface area (Å²) in [6.07, 6.45) is 0.793. The van der Waals surface area contributed by atoms with E-state index in [4.69, 9.17) is 4.74 Å². The fourth-order valence-electron chi connectivity index (χ4n) is 2.67. The number of hydrogen-bond donors (Lipinski definition) is 2. The van der Waals surface area contributed by atoms with Crippen molar-refractivity contribution in [3.8, 4) is 5.75 Å². The van der Waals surface area contributed by atoms with Gasteiger partial charge in [0.05, 0.1) is 13.2 Å². The second-order valence-corrected chi connectivity index (χ2v) is 6.62. The Labute approximate surface area is 165 Å². The predicted octanol–water partition coefficient (Wildman–Crippen LogP) is 3.42. The number of anilines is 1. The summed E-state index contributed by atoms with van der Waals surface area (Å²) < 4.78 is 5.55. The second kappa shape index (κ2) is 10.3. The van der Waals surface area contributed by atoms with Gasteiger partial charge in [-0.05, 0) is 62.6 Å². The standard InChI is InChI=1S/C22H26N2O4/c1-15-6-4-7-16(2)22(15)24-21(27)14-23-20(26)8-5-13-28-19-11-9-18(10-12-19)17(3)25/h4,6-7,9-12H,5,8,13-14H2,1-3H3,(H,23,26)(H,24,27). The van der Waals surface area contributed by atoms with E-state index in [9.17, 15) is 14.4 Å². The van der Waals surface area contributed by atoms with Crippen molar-refractivity contribution < 1.29 is 19.1 Å². The van der Waals surface area contributed by atoms with E-state index >= 15 is 0 Å². The molecule has 2 N–H and O–H groups in total. The molecule has 28 heavy (non-hydrogen) atoms. The molecular weight excluding hydrogens is 356 g/mol. The third kappa shape index (κ3) is 6.54. The largest absolute Gasteiger partial charge is 0.494 e. The zero-order chi connectivity index (χ0) is 20.5. The molecular formula is C22H26N2O4. The van der Waals surface area contributed by atoms with Gasteiger partial charge in [0.1, 0.15) is 5.75 Å². The van der Waals surface area contributed by atoms with Crippen LogP contribution in [0.2, 0.25) is 0 Å². The summed E-state index contributed by atoms with van der Waals surface area (Å²) in [5.41, 5.74) is 3.37. The third-order valence-electron chi connectivity index (χ3n) is 4.27. The number of ether oxygens (including phenoxy) is 1. The number of carbonyl (C=O) groups is 3. The zero-order valence-corrected chi connectivity index (χ0v) is 16.5. The van der Waals surface area contributed by atoms with Crippen LogP contribution in [0.25, 0.3) is 0 Å². The molecule has 148 valence electrons. The topological polar surface area (TPSA) is 84.5 Å². The number of rotatable bonds is 9. The molecule has 0 saturated heterocycles. The zero-order valence-electron chi connectivity index (χ0n) is 16.5. The van der Waals surface area contributed by atoms with Crippen molar-refractivity contribution in [2.75, 3.05) is 18.5 Å². The van der Waals surface area contributed by atoms with Crippen LogP contribution in [0.1, 0.15) is 41.3 Å². The van der Waals surface area contributed by atoms with Crippen LogP contribution in [0, 0.1) is 13.8 Å². The molecule has 0 aliphatic rings. The van der Waals surface area contributed by atoms with E-state index in [0.717, 1.165) is 16.8 Å². The minimum absolute atomic E-state index is 0.00448. The van der Waals surface area contributed by atoms with E-state index < -0.39 is 0 Å². The fraction of sp³-hybridized carbons (Fsp3) is 0.318. The molecule has 0 unspecified atom stereocenters. The van der Waals surface area contributed by atoms with Crippen LogP contribution < -0.4 is 15.4 Å². The van der Waals surface area contributed by atoms with Gasteiger partial charge in [-0.25, -0.2) is 0 Å². The lowest BCUT2D eigenvalue weighted by molar-refractivity contribution is -0.124.